The Morgan fingerprint density at radius 2 is 1.50 bits per heavy atom. The van der Waals surface area contributed by atoms with E-state index in [0.717, 1.165) is 0 Å². The molecule has 6 N–H and O–H groups in total. The van der Waals surface area contributed by atoms with Gasteiger partial charge in [-0.2, -0.15) is 30.0 Å². The van der Waals surface area contributed by atoms with Crippen LogP contribution in [0, 0.1) is 0 Å². The topological polar surface area (TPSA) is 243 Å². The molecule has 5 atom stereocenters. The summed E-state index contributed by atoms with van der Waals surface area (Å²) in [7, 11) is -15.3. The quantitative estimate of drug-likeness (QED) is 0.214. The van der Waals surface area contributed by atoms with Crippen LogP contribution < -0.4 is 4.72 Å². The molecule has 0 aromatic heterocycles. The van der Waals surface area contributed by atoms with Crippen LogP contribution in [0.15, 0.2) is 0 Å². The Kier molecular flexibility index (Phi) is 6.63. The molecule has 0 spiro atoms. The predicted octanol–water partition coefficient (Wildman–Crippen LogP) is -4.17. The van der Waals surface area contributed by atoms with E-state index in [2.05, 4.69) is 13.1 Å². The van der Waals surface area contributed by atoms with Gasteiger partial charge in [-0.15, -0.1) is 0 Å². The summed E-state index contributed by atoms with van der Waals surface area (Å²) in [6.07, 6.45) is -8.59. The lowest BCUT2D eigenvalue weighted by molar-refractivity contribution is -0.244. The van der Waals surface area contributed by atoms with Crippen molar-refractivity contribution >= 4 is 31.1 Å². The Morgan fingerprint density at radius 3 is 1.92 bits per heavy atom. The fourth-order valence-corrected chi connectivity index (χ4v) is 3.20. The lowest BCUT2D eigenvalue weighted by Crippen LogP contribution is -2.65. The number of hydrogen-bond donors (Lipinski definition) is 6. The van der Waals surface area contributed by atoms with E-state index in [1.54, 1.807) is 0 Å². The fraction of sp³-hybridized carbons (Fsp3) is 1.00. The largest absolute Gasteiger partial charge is 0.397 e. The molecule has 0 saturated carbocycles. The van der Waals surface area contributed by atoms with E-state index in [-0.39, 0.29) is 0 Å². The maximum Gasteiger partial charge on any atom is 0.397 e. The second kappa shape index (κ2) is 7.39. The molecule has 1 saturated heterocycles. The van der Waals surface area contributed by atoms with Crippen molar-refractivity contribution in [3.8, 4) is 0 Å². The van der Waals surface area contributed by atoms with Crippen LogP contribution in [-0.4, -0.2) is 86.4 Å². The Bertz CT molecular complexity index is 739. The molecule has 1 aliphatic rings. The molecular weight excluding hydrogens is 406 g/mol. The van der Waals surface area contributed by atoms with Crippen molar-refractivity contribution in [1.82, 2.24) is 4.72 Å². The molecule has 0 aromatic rings. The molecule has 1 unspecified atom stereocenters. The van der Waals surface area contributed by atoms with Crippen LogP contribution in [0.5, 0.6) is 0 Å². The third kappa shape index (κ3) is 7.16. The highest BCUT2D eigenvalue weighted by Gasteiger charge is 2.49. The maximum absolute atomic E-state index is 10.8. The number of ether oxygens (including phenoxy) is 1. The van der Waals surface area contributed by atoms with Crippen LogP contribution in [0.1, 0.15) is 0 Å². The van der Waals surface area contributed by atoms with Crippen molar-refractivity contribution in [2.75, 3.05) is 6.61 Å². The Hall–Kier alpha value is -0.510. The molecule has 0 amide bonds. The lowest BCUT2D eigenvalue weighted by Gasteiger charge is -2.41. The van der Waals surface area contributed by atoms with Crippen LogP contribution in [0.4, 0.5) is 0 Å². The van der Waals surface area contributed by atoms with Gasteiger partial charge < -0.3 is 14.9 Å². The zero-order chi connectivity index (χ0) is 18.9. The average Bonchev–Trinajstić information content (AvgIpc) is 2.32. The molecule has 0 radical (unpaired) electrons. The number of aliphatic hydroxyl groups excluding tert-OH is 2. The summed E-state index contributed by atoms with van der Waals surface area (Å²) in [6, 6.07) is -2.06. The summed E-state index contributed by atoms with van der Waals surface area (Å²) >= 11 is 0. The molecule has 0 aromatic carbocycles. The number of rotatable bonds is 7. The minimum atomic E-state index is -5.26. The smallest absolute Gasteiger partial charge is 0.388 e. The van der Waals surface area contributed by atoms with E-state index < -0.39 is 68.4 Å². The zero-order valence-corrected chi connectivity index (χ0v) is 13.7. The summed E-state index contributed by atoms with van der Waals surface area (Å²) in [5.74, 6) is 0. The Labute approximate surface area is 135 Å². The van der Waals surface area contributed by atoms with Crippen LogP contribution in [-0.2, 0) is 44.2 Å². The minimum Gasteiger partial charge on any atom is -0.388 e. The van der Waals surface area contributed by atoms with E-state index in [1.165, 1.54) is 4.72 Å². The van der Waals surface area contributed by atoms with Crippen molar-refractivity contribution < 1.29 is 62.2 Å². The first-order valence-electron chi connectivity index (χ1n) is 5.63. The van der Waals surface area contributed by atoms with Gasteiger partial charge in [0.2, 0.25) is 0 Å². The number of nitrogens with one attached hydrogen (secondary N) is 1. The second-order valence-corrected chi connectivity index (χ2v) is 7.70. The fourth-order valence-electron chi connectivity index (χ4n) is 1.78. The van der Waals surface area contributed by atoms with Crippen molar-refractivity contribution in [3.05, 3.63) is 0 Å². The third-order valence-corrected chi connectivity index (χ3v) is 4.06. The molecule has 18 heteroatoms. The highest BCUT2D eigenvalue weighted by atomic mass is 32.3. The molecule has 1 heterocycles. The van der Waals surface area contributed by atoms with Gasteiger partial charge in [-0.05, 0) is 0 Å². The zero-order valence-electron chi connectivity index (χ0n) is 11.2. The monoisotopic (exact) mass is 419 g/mol. The number of aliphatic hydroxyl groups is 2. The molecule has 0 bridgehead atoms. The van der Waals surface area contributed by atoms with Gasteiger partial charge in [0.1, 0.15) is 24.4 Å². The van der Waals surface area contributed by atoms with Gasteiger partial charge in [0.25, 0.3) is 0 Å². The average molecular weight is 419 g/mol. The summed E-state index contributed by atoms with van der Waals surface area (Å²) in [5, 5.41) is 19.4. The van der Waals surface area contributed by atoms with Gasteiger partial charge in [0, 0.05) is 0 Å². The SMILES string of the molecule is O=S(=O)(O)N[C@H]1C(O)O[C@H](COS(=O)(=O)O)[C@@H](OS(=O)(=O)O)[C@@H]1O. The summed E-state index contributed by atoms with van der Waals surface area (Å²) < 4.78 is 104. The summed E-state index contributed by atoms with van der Waals surface area (Å²) in [6.45, 7) is -1.19. The first kappa shape index (κ1) is 21.5. The van der Waals surface area contributed by atoms with Gasteiger partial charge in [0.05, 0.1) is 6.61 Å². The van der Waals surface area contributed by atoms with E-state index in [1.807, 2.05) is 0 Å². The highest BCUT2D eigenvalue weighted by Crippen LogP contribution is 2.24. The van der Waals surface area contributed by atoms with Crippen molar-refractivity contribution in [2.24, 2.45) is 0 Å². The van der Waals surface area contributed by atoms with Gasteiger partial charge >= 0.3 is 31.1 Å². The van der Waals surface area contributed by atoms with E-state index in [0.29, 0.717) is 0 Å². The highest BCUT2D eigenvalue weighted by molar-refractivity contribution is 7.83. The van der Waals surface area contributed by atoms with Crippen LogP contribution in [0.25, 0.3) is 0 Å². The van der Waals surface area contributed by atoms with Crippen molar-refractivity contribution in [3.63, 3.8) is 0 Å². The molecule has 24 heavy (non-hydrogen) atoms. The summed E-state index contributed by atoms with van der Waals surface area (Å²) in [5.41, 5.74) is 0. The van der Waals surface area contributed by atoms with Crippen LogP contribution in [0.2, 0.25) is 0 Å². The Balaban J connectivity index is 3.08. The van der Waals surface area contributed by atoms with E-state index in [4.69, 9.17) is 13.7 Å². The molecular formula is C6H13NO14S3. The Morgan fingerprint density at radius 1 is 0.958 bits per heavy atom. The molecule has 1 aliphatic heterocycles. The number of hydrogen-bond acceptors (Lipinski definition) is 11. The second-order valence-electron chi connectivity index (χ2n) is 4.38. The van der Waals surface area contributed by atoms with Gasteiger partial charge in [-0.1, -0.05) is 0 Å². The molecule has 1 fully saturated rings. The normalized spacial score (nSPS) is 32.6. The first-order valence-corrected chi connectivity index (χ1v) is 9.80. The predicted molar refractivity (Wildman–Crippen MR) is 69.3 cm³/mol. The van der Waals surface area contributed by atoms with Gasteiger partial charge in [-0.3, -0.25) is 13.7 Å². The molecule has 0 aliphatic carbocycles. The van der Waals surface area contributed by atoms with Gasteiger partial charge in [-0.25, -0.2) is 8.37 Å². The van der Waals surface area contributed by atoms with Crippen LogP contribution in [0.3, 0.4) is 0 Å². The maximum atomic E-state index is 10.8. The first-order chi connectivity index (χ1) is 10.6. The standard InChI is InChI=1S/C6H13NO14S3/c8-4-3(7-22(10,11)12)6(9)20-2(1-19-23(13,14)15)5(4)21-24(16,17)18/h2-9H,1H2,(H,10,11,12)(H,13,14,15)(H,16,17,18)/t2-,3-,4-,5-,6?/m1/s1. The summed E-state index contributed by atoms with van der Waals surface area (Å²) in [4.78, 5) is 0. The van der Waals surface area contributed by atoms with Crippen LogP contribution >= 0.6 is 0 Å². The molecule has 144 valence electrons. The van der Waals surface area contributed by atoms with Crippen molar-refractivity contribution in [1.29, 1.82) is 0 Å². The lowest BCUT2D eigenvalue weighted by atomic mass is 9.98. The van der Waals surface area contributed by atoms with E-state index >= 15 is 0 Å². The van der Waals surface area contributed by atoms with Gasteiger partial charge in [0.15, 0.2) is 6.29 Å². The van der Waals surface area contributed by atoms with Crippen molar-refractivity contribution in [2.45, 2.75) is 30.6 Å². The van der Waals surface area contributed by atoms with E-state index in [9.17, 15) is 35.5 Å². The molecule has 1 rings (SSSR count). The third-order valence-electron chi connectivity index (χ3n) is 2.59. The minimum absolute atomic E-state index is 1.19. The molecule has 15 nitrogen and oxygen atoms in total.